The number of hydrogen-bond acceptors (Lipinski definition) is 3. The number of thiol groups is 1. The minimum atomic E-state index is -1.00. The van der Waals surface area contributed by atoms with Crippen LogP contribution in [0.15, 0.2) is 0 Å². The molecule has 1 unspecified atom stereocenters. The van der Waals surface area contributed by atoms with Crippen LogP contribution in [0.4, 0.5) is 0 Å². The summed E-state index contributed by atoms with van der Waals surface area (Å²) in [4.78, 5) is 9.76. The van der Waals surface area contributed by atoms with Gasteiger partial charge >= 0.3 is 43.7 Å². The van der Waals surface area contributed by atoms with Crippen molar-refractivity contribution in [2.45, 2.75) is 6.04 Å². The summed E-state index contributed by atoms with van der Waals surface area (Å²) in [5.74, 6) is -0.815. The fourth-order valence-corrected chi connectivity index (χ4v) is 0.234. The molecule has 1 atom stereocenters. The molecule has 7 heteroatoms. The maximum Gasteiger partial charge on any atom is 2.00 e. The molecule has 0 heterocycles. The van der Waals surface area contributed by atoms with Gasteiger partial charge in [0.15, 0.2) is 0 Å². The zero-order chi connectivity index (χ0) is 5.86. The Kier molecular flexibility index (Phi) is 29.9. The number of carbonyl (C=O) groups is 1. The Hall–Kier alpha value is 1.62. The van der Waals surface area contributed by atoms with Crippen molar-refractivity contribution in [2.75, 3.05) is 5.75 Å². The first kappa shape index (κ1) is 22.6. The molecule has 0 fully saturated rings. The summed E-state index contributed by atoms with van der Waals surface area (Å²) in [6, 6.07) is -0.816. The van der Waals surface area contributed by atoms with E-state index in [2.05, 4.69) is 12.6 Å². The number of aliphatic carboxylic acids is 1. The summed E-state index contributed by atoms with van der Waals surface area (Å²) < 4.78 is 0. The van der Waals surface area contributed by atoms with Gasteiger partial charge in [-0.15, -0.1) is 0 Å². The van der Waals surface area contributed by atoms with Crippen molar-refractivity contribution in [3.8, 4) is 0 Å². The Balaban J connectivity index is -0.0000000180. The van der Waals surface area contributed by atoms with E-state index in [0.717, 1.165) is 0 Å². The molecule has 0 saturated heterocycles. The first-order valence-electron chi connectivity index (χ1n) is 1.77. The quantitative estimate of drug-likeness (QED) is 0.402. The molecule has 0 radical (unpaired) electrons. The molecule has 56 valence electrons. The third kappa shape index (κ3) is 12.3. The van der Waals surface area contributed by atoms with Crippen molar-refractivity contribution >= 4 is 56.3 Å². The van der Waals surface area contributed by atoms with E-state index in [4.69, 9.17) is 10.8 Å². The van der Waals surface area contributed by atoms with Crippen LogP contribution in [-0.4, -0.2) is 66.1 Å². The van der Waals surface area contributed by atoms with Gasteiger partial charge < -0.3 is 19.2 Å². The van der Waals surface area contributed by atoms with Gasteiger partial charge in [-0.3, -0.25) is 4.79 Å². The van der Waals surface area contributed by atoms with Crippen molar-refractivity contribution in [3.63, 3.8) is 0 Å². The van der Waals surface area contributed by atoms with Crippen LogP contribution >= 0.6 is 12.6 Å². The van der Waals surface area contributed by atoms with Gasteiger partial charge in [-0.25, -0.2) is 0 Å². The molecule has 0 aliphatic carbocycles. The van der Waals surface area contributed by atoms with E-state index in [1.807, 2.05) is 0 Å². The van der Waals surface area contributed by atoms with Crippen molar-refractivity contribution in [2.24, 2.45) is 5.73 Å². The van der Waals surface area contributed by atoms with Crippen molar-refractivity contribution in [3.05, 3.63) is 0 Å². The fraction of sp³-hybridized carbons (Fsp3) is 0.667. The van der Waals surface area contributed by atoms with Crippen LogP contribution in [0.5, 0.6) is 0 Å². The third-order valence-corrected chi connectivity index (χ3v) is 0.907. The summed E-state index contributed by atoms with van der Waals surface area (Å²) in [5.41, 5.74) is 4.94. The van der Waals surface area contributed by atoms with Gasteiger partial charge in [-0.1, -0.05) is 0 Å². The second kappa shape index (κ2) is 13.2. The minimum absolute atomic E-state index is 0. The average Bonchev–Trinajstić information content (AvgIpc) is 1.65. The predicted molar refractivity (Wildman–Crippen MR) is 41.1 cm³/mol. The topological polar surface area (TPSA) is 94.8 Å². The van der Waals surface area contributed by atoms with Crippen LogP contribution in [0.3, 0.4) is 0 Å². The van der Waals surface area contributed by atoms with E-state index in [1.165, 1.54) is 0 Å². The molecule has 5 N–H and O–H groups in total. The number of carboxylic acids is 1. The standard InChI is InChI=1S/C3H7NO2S.Ca.H2O.Zn.2H/c4-2(1-7)3(5)6;;;;;/h2,7H,1,4H2,(H,5,6);;1H2;;;/q;+2;;;2*-1. The average molecular weight is 247 g/mol. The molecule has 0 aromatic carbocycles. The first-order valence-corrected chi connectivity index (χ1v) is 2.41. The summed E-state index contributed by atoms with van der Waals surface area (Å²) in [6.45, 7) is 0. The monoisotopic (exact) mass is 245 g/mol. The van der Waals surface area contributed by atoms with Gasteiger partial charge in [0.2, 0.25) is 0 Å². The molecule has 0 aliphatic heterocycles. The van der Waals surface area contributed by atoms with Gasteiger partial charge in [0.05, 0.1) is 0 Å². The van der Waals surface area contributed by atoms with E-state index in [0.29, 0.717) is 0 Å². The summed E-state index contributed by atoms with van der Waals surface area (Å²) >= 11 is 3.65. The van der Waals surface area contributed by atoms with Crippen molar-refractivity contribution < 1.29 is 37.7 Å². The van der Waals surface area contributed by atoms with E-state index < -0.39 is 12.0 Å². The molecular weight excluding hydrogens is 236 g/mol. The van der Waals surface area contributed by atoms with E-state index in [1.54, 1.807) is 0 Å². The molecule has 0 amide bonds. The van der Waals surface area contributed by atoms with Gasteiger partial charge in [0.1, 0.15) is 6.04 Å². The Bertz CT molecular complexity index is 93.9. The van der Waals surface area contributed by atoms with E-state index in [9.17, 15) is 4.79 Å². The van der Waals surface area contributed by atoms with Crippen LogP contribution in [0.1, 0.15) is 2.85 Å². The van der Waals surface area contributed by atoms with E-state index >= 15 is 0 Å². The first-order chi connectivity index (χ1) is 3.18. The molecule has 0 saturated carbocycles. The van der Waals surface area contributed by atoms with Crippen LogP contribution in [0.2, 0.25) is 0 Å². The van der Waals surface area contributed by atoms with Crippen LogP contribution in [0, 0.1) is 0 Å². The van der Waals surface area contributed by atoms with Crippen LogP contribution in [0.25, 0.3) is 0 Å². The normalized spacial score (nSPS) is 9.40. The Morgan fingerprint density at radius 2 is 2.10 bits per heavy atom. The van der Waals surface area contributed by atoms with Crippen LogP contribution < -0.4 is 5.73 Å². The molecule has 10 heavy (non-hydrogen) atoms. The molecule has 0 aromatic heterocycles. The number of carboxylic acid groups (broad SMARTS) is 1. The van der Waals surface area contributed by atoms with Gasteiger partial charge in [-0.05, 0) is 0 Å². The van der Waals surface area contributed by atoms with Gasteiger partial charge in [-0.2, -0.15) is 12.6 Å². The Labute approximate surface area is 110 Å². The summed E-state index contributed by atoms with van der Waals surface area (Å²) in [7, 11) is 0. The second-order valence-electron chi connectivity index (χ2n) is 1.13. The molecule has 0 aromatic rings. The maximum atomic E-state index is 9.76. The van der Waals surface area contributed by atoms with Crippen LogP contribution in [-0.2, 0) is 24.3 Å². The third-order valence-electron chi connectivity index (χ3n) is 0.514. The zero-order valence-corrected chi connectivity index (χ0v) is 11.6. The second-order valence-corrected chi connectivity index (χ2v) is 1.49. The molecular formula is C3H11CaNO3SZn. The number of nitrogens with two attached hydrogens (primary N) is 1. The number of rotatable bonds is 2. The Morgan fingerprint density at radius 3 is 2.10 bits per heavy atom. The molecule has 0 bridgehead atoms. The van der Waals surface area contributed by atoms with E-state index in [-0.39, 0.29) is 71.3 Å². The molecule has 4 nitrogen and oxygen atoms in total. The molecule has 0 aliphatic rings. The summed E-state index contributed by atoms with van der Waals surface area (Å²) in [5, 5.41) is 8.01. The SMILES string of the molecule is NC(CS)C(=O)O.O.[Ca+2].[H-].[H-].[Zn]. The maximum absolute atomic E-state index is 9.76. The fourth-order valence-electron chi connectivity index (χ4n) is 0.0781. The smallest absolute Gasteiger partial charge is 1.00 e. The van der Waals surface area contributed by atoms with Gasteiger partial charge in [0, 0.05) is 25.2 Å². The summed E-state index contributed by atoms with van der Waals surface area (Å²) in [6.07, 6.45) is 0. The van der Waals surface area contributed by atoms with Crippen molar-refractivity contribution in [1.29, 1.82) is 0 Å². The van der Waals surface area contributed by atoms with Crippen molar-refractivity contribution in [1.82, 2.24) is 0 Å². The molecule has 0 spiro atoms. The zero-order valence-electron chi connectivity index (χ0n) is 7.58. The predicted octanol–water partition coefficient (Wildman–Crippen LogP) is -1.65. The van der Waals surface area contributed by atoms with Gasteiger partial charge in [0.25, 0.3) is 0 Å². The minimum Gasteiger partial charge on any atom is -1.00 e. The Morgan fingerprint density at radius 1 is 1.80 bits per heavy atom. The number of hydrogen-bond donors (Lipinski definition) is 3. The molecule has 0 rings (SSSR count). The largest absolute Gasteiger partial charge is 2.00 e.